The summed E-state index contributed by atoms with van der Waals surface area (Å²) in [6.45, 7) is 0. The van der Waals surface area contributed by atoms with Gasteiger partial charge in [0.1, 0.15) is 0 Å². The van der Waals surface area contributed by atoms with Crippen LogP contribution in [0.5, 0.6) is 0 Å². The molecule has 0 N–H and O–H groups in total. The zero-order chi connectivity index (χ0) is 11.1. The molecule has 0 heterocycles. The first-order valence-corrected chi connectivity index (χ1v) is 5.40. The fraction of sp³-hybridized carbons (Fsp3) is 0. The van der Waals surface area contributed by atoms with Gasteiger partial charge in [0.2, 0.25) is 0 Å². The third-order valence-electron chi connectivity index (χ3n) is 2.29. The monoisotopic (exact) mass is 206 g/mol. The van der Waals surface area contributed by atoms with E-state index in [0.29, 0.717) is 0 Å². The summed E-state index contributed by atoms with van der Waals surface area (Å²) in [4.78, 5) is 0. The molecule has 0 atom stereocenters. The Labute approximate surface area is 97.3 Å². The van der Waals surface area contributed by atoms with Crippen LogP contribution < -0.4 is 0 Å². The summed E-state index contributed by atoms with van der Waals surface area (Å²) < 4.78 is 0. The van der Waals surface area contributed by atoms with Gasteiger partial charge in [0.15, 0.2) is 0 Å². The first-order chi connectivity index (χ1) is 7.95. The van der Waals surface area contributed by atoms with E-state index in [4.69, 9.17) is 0 Å². The molecule has 16 heavy (non-hydrogen) atoms. The molecule has 0 aliphatic carbocycles. The smallest absolute Gasteiger partial charge is 0.0122 e. The van der Waals surface area contributed by atoms with E-state index in [0.717, 1.165) is 0 Å². The topological polar surface area (TPSA) is 0 Å². The van der Waals surface area contributed by atoms with E-state index in [1.54, 1.807) is 0 Å². The average molecular weight is 206 g/mol. The zero-order valence-electron chi connectivity index (χ0n) is 9.08. The van der Waals surface area contributed by atoms with Gasteiger partial charge in [-0.3, -0.25) is 0 Å². The van der Waals surface area contributed by atoms with Crippen LogP contribution in [0, 0.1) is 12.8 Å². The zero-order valence-corrected chi connectivity index (χ0v) is 9.08. The quantitative estimate of drug-likeness (QED) is 0.708. The van der Waals surface area contributed by atoms with Gasteiger partial charge >= 0.3 is 0 Å². The van der Waals surface area contributed by atoms with Gasteiger partial charge in [0.25, 0.3) is 0 Å². The largest absolute Gasteiger partial charge is 0.0794 e. The molecule has 0 nitrogen and oxygen atoms in total. The van der Waals surface area contributed by atoms with Gasteiger partial charge < -0.3 is 0 Å². The number of hydrogen-bond donors (Lipinski definition) is 0. The van der Waals surface area contributed by atoms with Crippen molar-refractivity contribution in [3.05, 3.63) is 96.8 Å². The average Bonchev–Trinajstić information content (AvgIpc) is 2.37. The van der Waals surface area contributed by atoms with Crippen molar-refractivity contribution >= 4 is 0 Å². The highest BCUT2D eigenvalue weighted by molar-refractivity contribution is 5.32. The minimum absolute atomic E-state index is 1.22. The molecule has 0 aliphatic heterocycles. The molecule has 2 aromatic carbocycles. The van der Waals surface area contributed by atoms with Crippen LogP contribution in [-0.4, -0.2) is 0 Å². The Hall–Kier alpha value is -1.82. The molecule has 0 saturated heterocycles. The third kappa shape index (κ3) is 3.39. The lowest BCUT2D eigenvalue weighted by atomic mass is 10.1. The van der Waals surface area contributed by atoms with E-state index in [1.165, 1.54) is 11.1 Å². The number of allylic oxidation sites excluding steroid dienone is 2. The first-order valence-electron chi connectivity index (χ1n) is 5.40. The van der Waals surface area contributed by atoms with Crippen LogP contribution in [0.15, 0.2) is 72.8 Å². The SMILES string of the molecule is [CH](/C=C/[CH]c1ccccc1)c1ccccc1. The Kier molecular flexibility index (Phi) is 3.95. The van der Waals surface area contributed by atoms with Crippen LogP contribution in [0.3, 0.4) is 0 Å². The molecule has 0 bridgehead atoms. The first kappa shape index (κ1) is 10.7. The fourth-order valence-corrected chi connectivity index (χ4v) is 1.46. The standard InChI is InChI=1S/C16H14/c1-3-9-15(10-4-1)13-7-8-14-16-11-5-2-6-12-16/h1-14H/b8-7+. The van der Waals surface area contributed by atoms with E-state index >= 15 is 0 Å². The summed E-state index contributed by atoms with van der Waals surface area (Å²) in [6.07, 6.45) is 8.31. The predicted molar refractivity (Wildman–Crippen MR) is 68.8 cm³/mol. The van der Waals surface area contributed by atoms with E-state index < -0.39 is 0 Å². The van der Waals surface area contributed by atoms with Crippen molar-refractivity contribution in [2.75, 3.05) is 0 Å². The summed E-state index contributed by atoms with van der Waals surface area (Å²) in [7, 11) is 0. The summed E-state index contributed by atoms with van der Waals surface area (Å²) in [5.41, 5.74) is 2.44. The predicted octanol–water partition coefficient (Wildman–Crippen LogP) is 4.05. The van der Waals surface area contributed by atoms with E-state index in [2.05, 4.69) is 49.3 Å². The molecule has 0 unspecified atom stereocenters. The molecule has 0 saturated carbocycles. The second kappa shape index (κ2) is 5.92. The van der Waals surface area contributed by atoms with Crippen molar-refractivity contribution < 1.29 is 0 Å². The van der Waals surface area contributed by atoms with Crippen LogP contribution in [0.4, 0.5) is 0 Å². The number of benzene rings is 2. The number of rotatable bonds is 4. The van der Waals surface area contributed by atoms with Crippen LogP contribution in [0.25, 0.3) is 0 Å². The Morgan fingerprint density at radius 3 is 1.25 bits per heavy atom. The molecular formula is C16H14. The van der Waals surface area contributed by atoms with Crippen molar-refractivity contribution in [1.29, 1.82) is 0 Å². The number of hydrogen-bond acceptors (Lipinski definition) is 0. The Morgan fingerprint density at radius 1 is 0.500 bits per heavy atom. The van der Waals surface area contributed by atoms with Gasteiger partial charge in [-0.05, 0) is 11.1 Å². The minimum Gasteiger partial charge on any atom is -0.0794 e. The summed E-state index contributed by atoms with van der Waals surface area (Å²) in [6, 6.07) is 20.6. The lowest BCUT2D eigenvalue weighted by Gasteiger charge is -1.95. The Balaban J connectivity index is 1.83. The van der Waals surface area contributed by atoms with Gasteiger partial charge in [-0.25, -0.2) is 0 Å². The minimum atomic E-state index is 1.22. The Morgan fingerprint density at radius 2 is 0.875 bits per heavy atom. The summed E-state index contributed by atoms with van der Waals surface area (Å²) in [5.74, 6) is 0. The van der Waals surface area contributed by atoms with Gasteiger partial charge in [0.05, 0.1) is 0 Å². The maximum absolute atomic E-state index is 2.10. The second-order valence-electron chi connectivity index (χ2n) is 3.54. The van der Waals surface area contributed by atoms with Gasteiger partial charge in [-0.2, -0.15) is 0 Å². The molecule has 2 aromatic rings. The van der Waals surface area contributed by atoms with Crippen molar-refractivity contribution in [2.24, 2.45) is 0 Å². The fourth-order valence-electron chi connectivity index (χ4n) is 1.46. The molecule has 0 fully saturated rings. The van der Waals surface area contributed by atoms with Crippen molar-refractivity contribution in [1.82, 2.24) is 0 Å². The molecule has 0 spiro atoms. The molecule has 2 rings (SSSR count). The van der Waals surface area contributed by atoms with E-state index in [9.17, 15) is 0 Å². The van der Waals surface area contributed by atoms with Crippen molar-refractivity contribution in [2.45, 2.75) is 0 Å². The highest BCUT2D eigenvalue weighted by atomic mass is 13.9. The lowest BCUT2D eigenvalue weighted by molar-refractivity contribution is 1.48. The van der Waals surface area contributed by atoms with Gasteiger partial charge in [-0.15, -0.1) is 0 Å². The Bertz CT molecular complexity index is 383. The van der Waals surface area contributed by atoms with Crippen molar-refractivity contribution in [3.8, 4) is 0 Å². The van der Waals surface area contributed by atoms with Gasteiger partial charge in [0, 0.05) is 12.8 Å². The molecule has 78 valence electrons. The van der Waals surface area contributed by atoms with Crippen molar-refractivity contribution in [3.63, 3.8) is 0 Å². The van der Waals surface area contributed by atoms with Crippen LogP contribution in [0.2, 0.25) is 0 Å². The molecular weight excluding hydrogens is 192 g/mol. The summed E-state index contributed by atoms with van der Waals surface area (Å²) >= 11 is 0. The molecule has 0 aromatic heterocycles. The van der Waals surface area contributed by atoms with Gasteiger partial charge in [-0.1, -0.05) is 72.8 Å². The molecule has 0 heteroatoms. The molecule has 0 amide bonds. The molecule has 2 radical (unpaired) electrons. The van der Waals surface area contributed by atoms with Crippen LogP contribution >= 0.6 is 0 Å². The second-order valence-corrected chi connectivity index (χ2v) is 3.54. The molecule has 0 aliphatic rings. The normalized spacial score (nSPS) is 10.8. The summed E-state index contributed by atoms with van der Waals surface area (Å²) in [5, 5.41) is 0. The third-order valence-corrected chi connectivity index (χ3v) is 2.29. The maximum Gasteiger partial charge on any atom is 0.0122 e. The lowest BCUT2D eigenvalue weighted by Crippen LogP contribution is -1.78. The highest BCUT2D eigenvalue weighted by Crippen LogP contribution is 2.05. The maximum atomic E-state index is 2.10. The van der Waals surface area contributed by atoms with Crippen LogP contribution in [0.1, 0.15) is 11.1 Å². The van der Waals surface area contributed by atoms with Crippen LogP contribution in [-0.2, 0) is 0 Å². The highest BCUT2D eigenvalue weighted by Gasteiger charge is 1.88. The van der Waals surface area contributed by atoms with E-state index in [1.807, 2.05) is 36.4 Å². The van der Waals surface area contributed by atoms with E-state index in [-0.39, 0.29) is 0 Å².